The molecule has 2 heterocycles. The molecule has 6 heteroatoms. The van der Waals surface area contributed by atoms with Gasteiger partial charge >= 0.3 is 0 Å². The van der Waals surface area contributed by atoms with E-state index in [2.05, 4.69) is 9.98 Å². The summed E-state index contributed by atoms with van der Waals surface area (Å²) in [6, 6.07) is 3.79. The van der Waals surface area contributed by atoms with Gasteiger partial charge < -0.3 is 10.0 Å². The number of aromatic nitrogens is 1. The maximum atomic E-state index is 13.5. The zero-order valence-corrected chi connectivity index (χ0v) is 13.6. The number of aliphatic hydroxyl groups is 1. The molecule has 0 radical (unpaired) electrons. The fourth-order valence-electron chi connectivity index (χ4n) is 2.57. The van der Waals surface area contributed by atoms with Crippen LogP contribution in [0.25, 0.3) is 0 Å². The molecule has 0 aromatic carbocycles. The van der Waals surface area contributed by atoms with E-state index in [0.717, 1.165) is 36.4 Å². The molecule has 0 saturated carbocycles. The van der Waals surface area contributed by atoms with Crippen LogP contribution in [0, 0.1) is 5.41 Å². The number of hydrogen-bond donors (Lipinski definition) is 2. The Labute approximate surface area is 141 Å². The molecule has 1 saturated heterocycles. The molecule has 1 aliphatic rings. The Morgan fingerprint density at radius 1 is 1.46 bits per heavy atom. The molecule has 2 N–H and O–H groups in total. The van der Waals surface area contributed by atoms with Gasteiger partial charge in [0.05, 0.1) is 6.61 Å². The van der Waals surface area contributed by atoms with Crippen LogP contribution in [0.1, 0.15) is 19.8 Å². The molecule has 0 aliphatic carbocycles. The van der Waals surface area contributed by atoms with Crippen molar-refractivity contribution in [3.8, 4) is 0 Å². The van der Waals surface area contributed by atoms with Gasteiger partial charge in [-0.25, -0.2) is 9.38 Å². The van der Waals surface area contributed by atoms with Gasteiger partial charge in [0.15, 0.2) is 0 Å². The Balaban J connectivity index is 2.20. The minimum absolute atomic E-state index is 0.281. The molecule has 24 heavy (non-hydrogen) atoms. The van der Waals surface area contributed by atoms with E-state index in [9.17, 15) is 9.50 Å². The summed E-state index contributed by atoms with van der Waals surface area (Å²) >= 11 is 0. The lowest BCUT2D eigenvalue weighted by atomic mass is 10.1. The Kier molecular flexibility index (Phi) is 6.57. The first-order chi connectivity index (χ1) is 11.7. The van der Waals surface area contributed by atoms with Crippen molar-refractivity contribution in [2.45, 2.75) is 19.8 Å². The first-order valence-corrected chi connectivity index (χ1v) is 7.77. The first kappa shape index (κ1) is 17.7. The monoisotopic (exact) mass is 328 g/mol. The van der Waals surface area contributed by atoms with Crippen molar-refractivity contribution in [3.05, 3.63) is 59.7 Å². The molecule has 1 aromatic rings. The lowest BCUT2D eigenvalue weighted by Gasteiger charge is -2.18. The van der Waals surface area contributed by atoms with E-state index >= 15 is 0 Å². The van der Waals surface area contributed by atoms with Crippen LogP contribution < -0.4 is 4.90 Å². The number of amidine groups is 1. The van der Waals surface area contributed by atoms with Crippen LogP contribution >= 0.6 is 0 Å². The summed E-state index contributed by atoms with van der Waals surface area (Å²) in [5.74, 6) is 0.316. The summed E-state index contributed by atoms with van der Waals surface area (Å²) < 4.78 is 13.5. The summed E-state index contributed by atoms with van der Waals surface area (Å²) in [5.41, 5.74) is 2.26. The minimum Gasteiger partial charge on any atom is -0.392 e. The number of rotatable bonds is 6. The highest BCUT2D eigenvalue weighted by molar-refractivity contribution is 6.14. The van der Waals surface area contributed by atoms with Gasteiger partial charge in [-0.2, -0.15) is 0 Å². The van der Waals surface area contributed by atoms with Gasteiger partial charge in [0.1, 0.15) is 18.0 Å². The van der Waals surface area contributed by atoms with Crippen LogP contribution in [0.15, 0.2) is 64.7 Å². The first-order valence-electron chi connectivity index (χ1n) is 7.77. The highest BCUT2D eigenvalue weighted by atomic mass is 19.1. The molecular weight excluding hydrogens is 307 g/mol. The number of allylic oxidation sites excluding steroid dienone is 3. The van der Waals surface area contributed by atoms with E-state index < -0.39 is 5.83 Å². The van der Waals surface area contributed by atoms with Gasteiger partial charge in [0.2, 0.25) is 0 Å². The van der Waals surface area contributed by atoms with Crippen molar-refractivity contribution in [2.75, 3.05) is 18.1 Å². The molecule has 0 spiro atoms. The topological polar surface area (TPSA) is 72.6 Å². The van der Waals surface area contributed by atoms with Crippen molar-refractivity contribution in [2.24, 2.45) is 4.99 Å². The van der Waals surface area contributed by atoms with Gasteiger partial charge in [0, 0.05) is 30.2 Å². The second-order valence-corrected chi connectivity index (χ2v) is 5.18. The lowest BCUT2D eigenvalue weighted by Crippen LogP contribution is -2.25. The molecule has 5 nitrogen and oxygen atoms in total. The van der Waals surface area contributed by atoms with Crippen LogP contribution in [0.2, 0.25) is 0 Å². The van der Waals surface area contributed by atoms with E-state index in [1.54, 1.807) is 25.4 Å². The lowest BCUT2D eigenvalue weighted by molar-refractivity contribution is 0.327. The molecule has 126 valence electrons. The standard InChI is InChI=1S/C18H21FN4O/c1-2-17(19)15(12-24)5-3-4-14-8-11-23(18(14)22-13-20)16-6-9-21-10-7-16/h2,4-7,9-10,13,20,24H,3,8,11-12H2,1H3/b14-4+,15-5-,17-2+,20-13?,22-18+. The fraction of sp³-hybridized carbons (Fsp3) is 0.278. The number of nitrogens with one attached hydrogen (secondary N) is 1. The zero-order chi connectivity index (χ0) is 17.4. The Morgan fingerprint density at radius 3 is 2.83 bits per heavy atom. The highest BCUT2D eigenvalue weighted by Crippen LogP contribution is 2.25. The molecule has 2 rings (SSSR count). The average molecular weight is 328 g/mol. The van der Waals surface area contributed by atoms with E-state index in [1.807, 2.05) is 23.1 Å². The number of halogens is 1. The van der Waals surface area contributed by atoms with Crippen molar-refractivity contribution in [3.63, 3.8) is 0 Å². The maximum absolute atomic E-state index is 13.5. The number of anilines is 1. The second kappa shape index (κ2) is 8.88. The fourth-order valence-corrected chi connectivity index (χ4v) is 2.57. The van der Waals surface area contributed by atoms with Crippen LogP contribution in [0.4, 0.5) is 10.1 Å². The molecule has 0 bridgehead atoms. The molecule has 1 aromatic heterocycles. The third-order valence-corrected chi connectivity index (χ3v) is 3.77. The summed E-state index contributed by atoms with van der Waals surface area (Å²) in [6.07, 6.45) is 10.7. The summed E-state index contributed by atoms with van der Waals surface area (Å²) in [6.45, 7) is 2.03. The van der Waals surface area contributed by atoms with Crippen LogP contribution in [0.5, 0.6) is 0 Å². The number of aliphatic imine (C=N–C) groups is 1. The number of hydrogen-bond acceptors (Lipinski definition) is 3. The van der Waals surface area contributed by atoms with Crippen molar-refractivity contribution < 1.29 is 9.50 Å². The quantitative estimate of drug-likeness (QED) is 0.477. The summed E-state index contributed by atoms with van der Waals surface area (Å²) in [4.78, 5) is 10.2. The Bertz CT molecular complexity index is 692. The van der Waals surface area contributed by atoms with E-state index in [-0.39, 0.29) is 12.2 Å². The third kappa shape index (κ3) is 4.23. The van der Waals surface area contributed by atoms with E-state index in [0.29, 0.717) is 6.42 Å². The summed E-state index contributed by atoms with van der Waals surface area (Å²) in [5, 5.41) is 16.5. The SMILES string of the molecule is C/C=C(F)\C(=C/C/C=C1\CCN(c2ccncc2)\C1=N\C=N)CO. The molecule has 0 amide bonds. The molecule has 1 aliphatic heterocycles. The predicted molar refractivity (Wildman–Crippen MR) is 95.2 cm³/mol. The average Bonchev–Trinajstić information content (AvgIpc) is 3.02. The van der Waals surface area contributed by atoms with Crippen LogP contribution in [-0.2, 0) is 0 Å². The predicted octanol–water partition coefficient (Wildman–Crippen LogP) is 3.41. The van der Waals surface area contributed by atoms with Gasteiger partial charge in [-0.05, 0) is 37.5 Å². The zero-order valence-electron chi connectivity index (χ0n) is 13.6. The normalized spacial score (nSPS) is 19.4. The highest BCUT2D eigenvalue weighted by Gasteiger charge is 2.24. The van der Waals surface area contributed by atoms with Crippen molar-refractivity contribution in [1.82, 2.24) is 4.98 Å². The molecular formula is C18H21FN4O. The largest absolute Gasteiger partial charge is 0.392 e. The van der Waals surface area contributed by atoms with Crippen LogP contribution in [0.3, 0.4) is 0 Å². The third-order valence-electron chi connectivity index (χ3n) is 3.77. The number of pyridine rings is 1. The van der Waals surface area contributed by atoms with Gasteiger partial charge in [-0.15, -0.1) is 0 Å². The molecule has 0 unspecified atom stereocenters. The van der Waals surface area contributed by atoms with E-state index in [1.165, 1.54) is 6.08 Å². The number of aliphatic hydroxyl groups excluding tert-OH is 1. The van der Waals surface area contributed by atoms with Crippen LogP contribution in [-0.4, -0.2) is 35.4 Å². The van der Waals surface area contributed by atoms with E-state index in [4.69, 9.17) is 5.41 Å². The number of nitrogens with zero attached hydrogens (tertiary/aromatic N) is 3. The van der Waals surface area contributed by atoms with Crippen molar-refractivity contribution in [1.29, 1.82) is 5.41 Å². The van der Waals surface area contributed by atoms with Crippen molar-refractivity contribution >= 4 is 17.9 Å². The Hall–Kier alpha value is -2.60. The van der Waals surface area contributed by atoms with Gasteiger partial charge in [-0.1, -0.05) is 18.2 Å². The minimum atomic E-state index is -0.408. The van der Waals surface area contributed by atoms with Gasteiger partial charge in [0.25, 0.3) is 0 Å². The molecule has 1 fully saturated rings. The second-order valence-electron chi connectivity index (χ2n) is 5.18. The Morgan fingerprint density at radius 2 is 2.21 bits per heavy atom. The van der Waals surface area contributed by atoms with Gasteiger partial charge in [-0.3, -0.25) is 10.4 Å². The maximum Gasteiger partial charge on any atom is 0.137 e. The molecule has 0 atom stereocenters. The summed E-state index contributed by atoms with van der Waals surface area (Å²) in [7, 11) is 0. The smallest absolute Gasteiger partial charge is 0.137 e.